The molecule has 3 rings (SSSR count). The predicted molar refractivity (Wildman–Crippen MR) is 93.9 cm³/mol. The van der Waals surface area contributed by atoms with Crippen LogP contribution in [0.4, 0.5) is 5.69 Å². The summed E-state index contributed by atoms with van der Waals surface area (Å²) in [6, 6.07) is 15.9. The van der Waals surface area contributed by atoms with Gasteiger partial charge in [-0.25, -0.2) is 0 Å². The molecule has 0 aliphatic carbocycles. The van der Waals surface area contributed by atoms with Crippen LogP contribution < -0.4 is 5.73 Å². The minimum atomic E-state index is 0.643. The fraction of sp³-hybridized carbons (Fsp3) is 0.150. The van der Waals surface area contributed by atoms with E-state index in [1.165, 1.54) is 5.56 Å². The molecule has 3 heteroatoms. The summed E-state index contributed by atoms with van der Waals surface area (Å²) < 4.78 is 2.10. The molecular weight excluding hydrogens is 282 g/mol. The van der Waals surface area contributed by atoms with Crippen LogP contribution >= 0.6 is 0 Å². The lowest BCUT2D eigenvalue weighted by molar-refractivity contribution is 0.786. The Kier molecular flexibility index (Phi) is 3.79. The number of rotatable bonds is 1. The SMILES string of the molecule is CCn1c(C#Cc2ccc(N)cc2)c(C#N)c2ccc(C)cc21. The quantitative estimate of drug-likeness (QED) is 0.548. The molecular formula is C20H17N3. The molecule has 0 atom stereocenters. The third-order valence-electron chi connectivity index (χ3n) is 3.88. The van der Waals surface area contributed by atoms with Crippen LogP contribution in [0.25, 0.3) is 10.9 Å². The molecule has 0 saturated carbocycles. The zero-order chi connectivity index (χ0) is 16.4. The second-order valence-electron chi connectivity index (χ2n) is 5.47. The molecule has 0 spiro atoms. The van der Waals surface area contributed by atoms with Gasteiger partial charge < -0.3 is 10.3 Å². The highest BCUT2D eigenvalue weighted by Crippen LogP contribution is 2.26. The summed E-state index contributed by atoms with van der Waals surface area (Å²) in [4.78, 5) is 0. The van der Waals surface area contributed by atoms with Crippen LogP contribution in [0.2, 0.25) is 0 Å². The minimum absolute atomic E-state index is 0.643. The van der Waals surface area contributed by atoms with Crippen molar-refractivity contribution in [1.82, 2.24) is 4.57 Å². The fourth-order valence-corrected chi connectivity index (χ4v) is 2.73. The number of anilines is 1. The number of aromatic nitrogens is 1. The molecule has 3 aromatic rings. The summed E-state index contributed by atoms with van der Waals surface area (Å²) in [6.07, 6.45) is 0. The molecule has 0 amide bonds. The Morgan fingerprint density at radius 3 is 2.48 bits per heavy atom. The third kappa shape index (κ3) is 2.65. The average molecular weight is 299 g/mol. The summed E-state index contributed by atoms with van der Waals surface area (Å²) in [5, 5.41) is 10.5. The first kappa shape index (κ1) is 14.8. The molecule has 2 N–H and O–H groups in total. The van der Waals surface area contributed by atoms with Gasteiger partial charge in [-0.15, -0.1) is 0 Å². The van der Waals surface area contributed by atoms with Crippen molar-refractivity contribution in [3.63, 3.8) is 0 Å². The molecule has 0 aliphatic rings. The number of hydrogen-bond acceptors (Lipinski definition) is 2. The summed E-state index contributed by atoms with van der Waals surface area (Å²) in [5.41, 5.74) is 10.9. The minimum Gasteiger partial charge on any atom is -0.399 e. The molecule has 112 valence electrons. The van der Waals surface area contributed by atoms with Gasteiger partial charge in [0.15, 0.2) is 0 Å². The lowest BCUT2D eigenvalue weighted by Gasteiger charge is -2.03. The van der Waals surface area contributed by atoms with Crippen LogP contribution in [-0.4, -0.2) is 4.57 Å². The van der Waals surface area contributed by atoms with E-state index in [1.807, 2.05) is 36.4 Å². The number of fused-ring (bicyclic) bond motifs is 1. The van der Waals surface area contributed by atoms with Gasteiger partial charge >= 0.3 is 0 Å². The molecule has 0 radical (unpaired) electrons. The number of nitrogens with zero attached hydrogens (tertiary/aromatic N) is 2. The van der Waals surface area contributed by atoms with Crippen molar-refractivity contribution in [2.45, 2.75) is 20.4 Å². The zero-order valence-electron chi connectivity index (χ0n) is 13.2. The van der Waals surface area contributed by atoms with E-state index in [1.54, 1.807) is 0 Å². The van der Waals surface area contributed by atoms with Crippen molar-refractivity contribution in [2.75, 3.05) is 5.73 Å². The summed E-state index contributed by atoms with van der Waals surface area (Å²) in [5.74, 6) is 6.31. The molecule has 0 aliphatic heterocycles. The molecule has 3 nitrogen and oxygen atoms in total. The van der Waals surface area contributed by atoms with Crippen LogP contribution in [0.15, 0.2) is 42.5 Å². The Bertz CT molecular complexity index is 974. The average Bonchev–Trinajstić information content (AvgIpc) is 2.86. The van der Waals surface area contributed by atoms with Crippen LogP contribution in [0.3, 0.4) is 0 Å². The standard InChI is InChI=1S/C20H17N3/c1-3-23-19(11-7-15-5-8-16(22)9-6-15)18(13-21)17-10-4-14(2)12-20(17)23/h4-6,8-10,12H,3,22H2,1-2H3. The third-order valence-corrected chi connectivity index (χ3v) is 3.88. The van der Waals surface area contributed by atoms with E-state index in [2.05, 4.69) is 42.4 Å². The lowest BCUT2D eigenvalue weighted by atomic mass is 10.1. The van der Waals surface area contributed by atoms with Gasteiger partial charge in [0.1, 0.15) is 11.8 Å². The molecule has 0 fully saturated rings. The van der Waals surface area contributed by atoms with Crippen molar-refractivity contribution >= 4 is 16.6 Å². The normalized spacial score (nSPS) is 10.1. The summed E-state index contributed by atoms with van der Waals surface area (Å²) >= 11 is 0. The van der Waals surface area contributed by atoms with E-state index in [0.717, 1.165) is 28.7 Å². The molecule has 0 bridgehead atoms. The molecule has 1 heterocycles. The predicted octanol–water partition coefficient (Wildman–Crippen LogP) is 3.82. The molecule has 0 unspecified atom stereocenters. The lowest BCUT2D eigenvalue weighted by Crippen LogP contribution is -1.98. The first-order valence-corrected chi connectivity index (χ1v) is 7.54. The first-order valence-electron chi connectivity index (χ1n) is 7.54. The Hall–Kier alpha value is -3.17. The Labute approximate surface area is 136 Å². The number of hydrogen-bond donors (Lipinski definition) is 1. The van der Waals surface area contributed by atoms with E-state index in [4.69, 9.17) is 5.73 Å². The number of nitrogen functional groups attached to an aromatic ring is 1. The maximum atomic E-state index is 9.58. The van der Waals surface area contributed by atoms with Crippen LogP contribution in [0.5, 0.6) is 0 Å². The Balaban J connectivity index is 2.21. The number of nitrogens with two attached hydrogens (primary N) is 1. The van der Waals surface area contributed by atoms with Gasteiger partial charge in [-0.2, -0.15) is 5.26 Å². The van der Waals surface area contributed by atoms with Gasteiger partial charge in [0.05, 0.1) is 11.1 Å². The van der Waals surface area contributed by atoms with Crippen LogP contribution in [0, 0.1) is 30.1 Å². The number of benzene rings is 2. The fourth-order valence-electron chi connectivity index (χ4n) is 2.73. The smallest absolute Gasteiger partial charge is 0.111 e. The van der Waals surface area contributed by atoms with Gasteiger partial charge in [0.25, 0.3) is 0 Å². The Morgan fingerprint density at radius 2 is 1.83 bits per heavy atom. The van der Waals surface area contributed by atoms with E-state index in [0.29, 0.717) is 11.3 Å². The molecule has 1 aromatic heterocycles. The maximum Gasteiger partial charge on any atom is 0.111 e. The van der Waals surface area contributed by atoms with Crippen molar-refractivity contribution in [2.24, 2.45) is 0 Å². The number of aryl methyl sites for hydroxylation is 2. The van der Waals surface area contributed by atoms with Crippen molar-refractivity contribution in [3.05, 3.63) is 64.8 Å². The van der Waals surface area contributed by atoms with E-state index in [-0.39, 0.29) is 0 Å². The first-order chi connectivity index (χ1) is 11.1. The highest BCUT2D eigenvalue weighted by molar-refractivity contribution is 5.90. The van der Waals surface area contributed by atoms with Crippen molar-refractivity contribution in [3.8, 4) is 17.9 Å². The highest BCUT2D eigenvalue weighted by atomic mass is 15.0. The second-order valence-corrected chi connectivity index (χ2v) is 5.47. The van der Waals surface area contributed by atoms with Crippen molar-refractivity contribution in [1.29, 1.82) is 5.26 Å². The summed E-state index contributed by atoms with van der Waals surface area (Å²) in [6.45, 7) is 4.89. The van der Waals surface area contributed by atoms with E-state index < -0.39 is 0 Å². The zero-order valence-corrected chi connectivity index (χ0v) is 13.2. The molecule has 23 heavy (non-hydrogen) atoms. The molecule has 0 saturated heterocycles. The maximum absolute atomic E-state index is 9.58. The second kappa shape index (κ2) is 5.91. The van der Waals surface area contributed by atoms with Crippen LogP contribution in [0.1, 0.15) is 29.3 Å². The number of nitriles is 1. The van der Waals surface area contributed by atoms with E-state index in [9.17, 15) is 5.26 Å². The largest absolute Gasteiger partial charge is 0.399 e. The summed E-state index contributed by atoms with van der Waals surface area (Å²) in [7, 11) is 0. The Morgan fingerprint density at radius 1 is 1.09 bits per heavy atom. The van der Waals surface area contributed by atoms with Gasteiger partial charge in [-0.05, 0) is 55.7 Å². The van der Waals surface area contributed by atoms with Crippen molar-refractivity contribution < 1.29 is 0 Å². The topological polar surface area (TPSA) is 54.7 Å². The van der Waals surface area contributed by atoms with E-state index >= 15 is 0 Å². The van der Waals surface area contributed by atoms with Crippen LogP contribution in [-0.2, 0) is 6.54 Å². The monoisotopic (exact) mass is 299 g/mol. The molecule has 2 aromatic carbocycles. The van der Waals surface area contributed by atoms with Gasteiger partial charge in [-0.3, -0.25) is 0 Å². The van der Waals surface area contributed by atoms with Gasteiger partial charge in [-0.1, -0.05) is 18.1 Å². The highest BCUT2D eigenvalue weighted by Gasteiger charge is 2.14. The van der Waals surface area contributed by atoms with Gasteiger partial charge in [0.2, 0.25) is 0 Å². The van der Waals surface area contributed by atoms with Gasteiger partial charge in [0, 0.05) is 23.2 Å².